The highest BCUT2D eigenvalue weighted by atomic mass is 127. The summed E-state index contributed by atoms with van der Waals surface area (Å²) in [5.41, 5.74) is 1.45. The molecule has 5 saturated heterocycles. The summed E-state index contributed by atoms with van der Waals surface area (Å²) in [7, 11) is 0. The second-order valence-electron chi connectivity index (χ2n) is 9.85. The molecule has 0 radical (unpaired) electrons. The van der Waals surface area contributed by atoms with Crippen LogP contribution in [0.15, 0.2) is 35.3 Å². The summed E-state index contributed by atoms with van der Waals surface area (Å²) in [4.78, 5) is 15.7. The minimum Gasteiger partial charge on any atom is -0.357 e. The molecule has 1 aromatic carbocycles. The highest BCUT2D eigenvalue weighted by molar-refractivity contribution is 14.0. The molecular weight excluding hydrogens is 511 g/mol. The van der Waals surface area contributed by atoms with Crippen LogP contribution in [0.1, 0.15) is 31.7 Å². The van der Waals surface area contributed by atoms with Crippen molar-refractivity contribution in [3.05, 3.63) is 35.9 Å². The maximum Gasteiger partial charge on any atom is 0.193 e. The van der Waals surface area contributed by atoms with Gasteiger partial charge in [0.25, 0.3) is 0 Å². The van der Waals surface area contributed by atoms with Crippen LogP contribution in [0.5, 0.6) is 0 Å². The number of likely N-dealkylation sites (tertiary alicyclic amines) is 2. The highest BCUT2D eigenvalue weighted by Gasteiger charge is 2.37. The van der Waals surface area contributed by atoms with Crippen molar-refractivity contribution in [2.75, 3.05) is 65.4 Å². The summed E-state index contributed by atoms with van der Waals surface area (Å²) < 4.78 is 0. The van der Waals surface area contributed by atoms with Gasteiger partial charge in [0.05, 0.1) is 6.54 Å². The SMILES string of the molecule is CCNC(=NCC1CN2CCN1CC2)N1CCC2C(CCCN2Cc2ccccc2)C1.I. The largest absolute Gasteiger partial charge is 0.357 e. The predicted molar refractivity (Wildman–Crippen MR) is 143 cm³/mol. The molecule has 5 heterocycles. The van der Waals surface area contributed by atoms with Gasteiger partial charge < -0.3 is 10.2 Å². The summed E-state index contributed by atoms with van der Waals surface area (Å²) in [6.07, 6.45) is 3.94. The van der Waals surface area contributed by atoms with Crippen molar-refractivity contribution < 1.29 is 0 Å². The summed E-state index contributed by atoms with van der Waals surface area (Å²) >= 11 is 0. The van der Waals surface area contributed by atoms with Gasteiger partial charge in [-0.3, -0.25) is 19.7 Å². The molecule has 5 fully saturated rings. The van der Waals surface area contributed by atoms with E-state index < -0.39 is 0 Å². The maximum absolute atomic E-state index is 5.15. The van der Waals surface area contributed by atoms with Gasteiger partial charge >= 0.3 is 0 Å². The molecule has 3 unspecified atom stereocenters. The van der Waals surface area contributed by atoms with E-state index >= 15 is 0 Å². The second kappa shape index (κ2) is 11.5. The number of halogens is 1. The molecule has 5 aliphatic heterocycles. The molecule has 0 aromatic heterocycles. The summed E-state index contributed by atoms with van der Waals surface area (Å²) in [5, 5.41) is 3.61. The number of guanidine groups is 1. The van der Waals surface area contributed by atoms with E-state index in [4.69, 9.17) is 4.99 Å². The molecule has 2 bridgehead atoms. The molecule has 0 aliphatic carbocycles. The average Bonchev–Trinajstić information content (AvgIpc) is 2.83. The first-order chi connectivity index (χ1) is 15.3. The molecule has 6 nitrogen and oxygen atoms in total. The third-order valence-electron chi connectivity index (χ3n) is 7.89. The molecule has 178 valence electrons. The van der Waals surface area contributed by atoms with Gasteiger partial charge in [-0.15, -0.1) is 24.0 Å². The van der Waals surface area contributed by atoms with E-state index in [1.165, 1.54) is 64.1 Å². The quantitative estimate of drug-likeness (QED) is 0.346. The Hall–Kier alpha value is -0.900. The van der Waals surface area contributed by atoms with Crippen molar-refractivity contribution >= 4 is 29.9 Å². The average molecular weight is 553 g/mol. The number of aliphatic imine (C=N–C) groups is 1. The first-order valence-electron chi connectivity index (χ1n) is 12.6. The Morgan fingerprint density at radius 1 is 1.00 bits per heavy atom. The van der Waals surface area contributed by atoms with Gasteiger partial charge in [-0.1, -0.05) is 30.3 Å². The molecule has 32 heavy (non-hydrogen) atoms. The van der Waals surface area contributed by atoms with Crippen molar-refractivity contribution in [2.45, 2.75) is 44.8 Å². The number of hydrogen-bond donors (Lipinski definition) is 1. The van der Waals surface area contributed by atoms with Crippen LogP contribution in [-0.2, 0) is 6.54 Å². The molecule has 1 aromatic rings. The van der Waals surface area contributed by atoms with Crippen LogP contribution in [-0.4, -0.2) is 103 Å². The molecule has 0 saturated carbocycles. The minimum atomic E-state index is 0. The van der Waals surface area contributed by atoms with Crippen LogP contribution >= 0.6 is 24.0 Å². The van der Waals surface area contributed by atoms with Gasteiger partial charge in [-0.2, -0.15) is 0 Å². The number of piperidine rings is 2. The standard InChI is InChI=1S/C25H40N6.HI/c1-2-26-25(27-17-23-20-28-13-15-29(23)16-14-28)31-12-10-24-22(19-31)9-6-11-30(24)18-21-7-4-3-5-8-21;/h3-5,7-8,22-24H,2,6,9-20H2,1H3,(H,26,27);1H. The number of nitrogens with zero attached hydrogens (tertiary/aromatic N) is 5. The van der Waals surface area contributed by atoms with E-state index in [9.17, 15) is 0 Å². The van der Waals surface area contributed by atoms with Gasteiger partial charge in [-0.05, 0) is 44.2 Å². The third kappa shape index (κ3) is 5.59. The van der Waals surface area contributed by atoms with Crippen molar-refractivity contribution in [3.63, 3.8) is 0 Å². The summed E-state index contributed by atoms with van der Waals surface area (Å²) in [5.74, 6) is 1.91. The van der Waals surface area contributed by atoms with Gasteiger partial charge in [0.1, 0.15) is 0 Å². The summed E-state index contributed by atoms with van der Waals surface area (Å²) in [6, 6.07) is 12.3. The van der Waals surface area contributed by atoms with E-state index in [0.29, 0.717) is 6.04 Å². The van der Waals surface area contributed by atoms with Crippen molar-refractivity contribution in [3.8, 4) is 0 Å². The van der Waals surface area contributed by atoms with Crippen molar-refractivity contribution in [2.24, 2.45) is 10.9 Å². The van der Waals surface area contributed by atoms with E-state index in [0.717, 1.165) is 50.6 Å². The molecule has 5 aliphatic rings. The molecule has 0 amide bonds. The first-order valence-corrected chi connectivity index (χ1v) is 12.6. The Bertz CT molecular complexity index is 735. The van der Waals surface area contributed by atoms with Gasteiger partial charge in [-0.25, -0.2) is 0 Å². The number of piperazine rings is 3. The predicted octanol–water partition coefficient (Wildman–Crippen LogP) is 2.56. The van der Waals surface area contributed by atoms with Crippen LogP contribution < -0.4 is 5.32 Å². The maximum atomic E-state index is 5.15. The fourth-order valence-corrected chi connectivity index (χ4v) is 6.23. The van der Waals surface area contributed by atoms with E-state index in [2.05, 4.69) is 62.2 Å². The zero-order valence-corrected chi connectivity index (χ0v) is 22.0. The first kappa shape index (κ1) is 24.2. The van der Waals surface area contributed by atoms with Crippen molar-refractivity contribution in [1.29, 1.82) is 0 Å². The molecule has 3 atom stereocenters. The number of hydrogen-bond acceptors (Lipinski definition) is 4. The molecule has 1 N–H and O–H groups in total. The third-order valence-corrected chi connectivity index (χ3v) is 7.89. The van der Waals surface area contributed by atoms with Gasteiger partial charge in [0.2, 0.25) is 0 Å². The van der Waals surface area contributed by atoms with E-state index in [1.54, 1.807) is 0 Å². The molecular formula is C25H41IN6. The number of fused-ring (bicyclic) bond motifs is 4. The van der Waals surface area contributed by atoms with E-state index in [-0.39, 0.29) is 24.0 Å². The Morgan fingerprint density at radius 3 is 2.53 bits per heavy atom. The monoisotopic (exact) mass is 552 g/mol. The Labute approximate surface area is 211 Å². The zero-order valence-electron chi connectivity index (χ0n) is 19.7. The number of nitrogens with one attached hydrogen (secondary N) is 1. The number of rotatable bonds is 5. The fraction of sp³-hybridized carbons (Fsp3) is 0.720. The Balaban J connectivity index is 0.00000245. The molecule has 0 spiro atoms. The van der Waals surface area contributed by atoms with Crippen LogP contribution in [0.3, 0.4) is 0 Å². The Kier molecular flexibility index (Phi) is 8.70. The van der Waals surface area contributed by atoms with Crippen LogP contribution in [0.25, 0.3) is 0 Å². The van der Waals surface area contributed by atoms with Crippen LogP contribution in [0, 0.1) is 5.92 Å². The smallest absolute Gasteiger partial charge is 0.193 e. The lowest BCUT2D eigenvalue weighted by atomic mass is 9.83. The van der Waals surface area contributed by atoms with Crippen LogP contribution in [0.2, 0.25) is 0 Å². The lowest BCUT2D eigenvalue weighted by Crippen LogP contribution is -2.62. The number of benzene rings is 1. The van der Waals surface area contributed by atoms with Gasteiger partial charge in [0, 0.05) is 71.0 Å². The second-order valence-corrected chi connectivity index (χ2v) is 9.85. The zero-order chi connectivity index (χ0) is 21.0. The van der Waals surface area contributed by atoms with E-state index in [1.807, 2.05) is 0 Å². The minimum absolute atomic E-state index is 0. The lowest BCUT2D eigenvalue weighted by Gasteiger charge is -2.48. The summed E-state index contributed by atoms with van der Waals surface area (Å²) in [6.45, 7) is 14.8. The van der Waals surface area contributed by atoms with Gasteiger partial charge in [0.15, 0.2) is 5.96 Å². The lowest BCUT2D eigenvalue weighted by molar-refractivity contribution is 0.0170. The molecule has 6 rings (SSSR count). The Morgan fingerprint density at radius 2 is 1.81 bits per heavy atom. The van der Waals surface area contributed by atoms with Crippen molar-refractivity contribution in [1.82, 2.24) is 24.9 Å². The van der Waals surface area contributed by atoms with Crippen LogP contribution in [0.4, 0.5) is 0 Å². The normalized spacial score (nSPS) is 32.8. The highest BCUT2D eigenvalue weighted by Crippen LogP contribution is 2.31. The molecule has 7 heteroatoms. The topological polar surface area (TPSA) is 37.4 Å². The fourth-order valence-electron chi connectivity index (χ4n) is 6.23.